The van der Waals surface area contributed by atoms with Gasteiger partial charge in [-0.2, -0.15) is 0 Å². The van der Waals surface area contributed by atoms with Gasteiger partial charge in [0.05, 0.1) is 16.7 Å². The quantitative estimate of drug-likeness (QED) is 0.701. The Morgan fingerprint density at radius 3 is 2.58 bits per heavy atom. The summed E-state index contributed by atoms with van der Waals surface area (Å²) in [6, 6.07) is 9.78. The van der Waals surface area contributed by atoms with Gasteiger partial charge in [0.1, 0.15) is 16.6 Å². The number of nitrogens with one attached hydrogen (secondary N) is 1. The number of methoxy groups -OCH3 is 1. The molecular formula is C19H25N5OS. The van der Waals surface area contributed by atoms with Gasteiger partial charge >= 0.3 is 0 Å². The minimum Gasteiger partial charge on any atom is -0.382 e. The molecule has 0 saturated carbocycles. The molecule has 0 fully saturated rings. The van der Waals surface area contributed by atoms with E-state index in [1.807, 2.05) is 57.3 Å². The third-order valence-electron chi connectivity index (χ3n) is 3.37. The minimum atomic E-state index is 0.384. The number of anilines is 2. The van der Waals surface area contributed by atoms with Crippen molar-refractivity contribution in [2.45, 2.75) is 33.4 Å². The van der Waals surface area contributed by atoms with Gasteiger partial charge in [0.25, 0.3) is 0 Å². The summed E-state index contributed by atoms with van der Waals surface area (Å²) >= 11 is 1.56. The predicted molar refractivity (Wildman–Crippen MR) is 108 cm³/mol. The molecule has 138 valence electrons. The maximum Gasteiger partial charge on any atom is 0.132 e. The second-order valence-corrected chi connectivity index (χ2v) is 6.97. The molecule has 0 unspecified atom stereocenters. The van der Waals surface area contributed by atoms with E-state index < -0.39 is 0 Å². The molecule has 3 aromatic heterocycles. The Balaban J connectivity index is 0.000000431. The fourth-order valence-electron chi connectivity index (χ4n) is 1.90. The predicted octanol–water partition coefficient (Wildman–Crippen LogP) is 4.15. The first-order valence-corrected chi connectivity index (χ1v) is 9.18. The lowest BCUT2D eigenvalue weighted by Crippen LogP contribution is -1.96. The molecule has 7 heteroatoms. The first-order chi connectivity index (χ1) is 12.5. The number of aromatic nitrogens is 3. The van der Waals surface area contributed by atoms with Gasteiger partial charge in [-0.3, -0.25) is 0 Å². The SMILES string of the molecule is COC(C)C.Cc1ccnc(Nc2cccc(-c3cnc(CN)s3)n2)c1. The summed E-state index contributed by atoms with van der Waals surface area (Å²) in [5.74, 6) is 1.54. The van der Waals surface area contributed by atoms with Crippen LogP contribution in [-0.4, -0.2) is 28.2 Å². The Morgan fingerprint density at radius 2 is 1.96 bits per heavy atom. The van der Waals surface area contributed by atoms with E-state index in [4.69, 9.17) is 10.5 Å². The molecule has 26 heavy (non-hydrogen) atoms. The summed E-state index contributed by atoms with van der Waals surface area (Å²) in [6.07, 6.45) is 3.97. The lowest BCUT2D eigenvalue weighted by atomic mass is 10.3. The Hall–Kier alpha value is -2.35. The van der Waals surface area contributed by atoms with Gasteiger partial charge in [0.2, 0.25) is 0 Å². The highest BCUT2D eigenvalue weighted by atomic mass is 32.1. The number of hydrogen-bond donors (Lipinski definition) is 2. The van der Waals surface area contributed by atoms with Crippen molar-refractivity contribution in [3.8, 4) is 10.6 Å². The largest absolute Gasteiger partial charge is 0.382 e. The molecule has 3 rings (SSSR count). The standard InChI is InChI=1S/C15H15N5S.C4H10O/c1-10-5-6-17-14(7-10)20-13-4-2-3-11(19-13)12-9-18-15(8-16)21-12;1-4(2)5-3/h2-7,9H,8,16H2,1H3,(H,17,19,20);4H,1-3H3. The van der Waals surface area contributed by atoms with Crippen LogP contribution in [0.4, 0.5) is 11.6 Å². The highest BCUT2D eigenvalue weighted by Gasteiger charge is 2.06. The number of nitrogens with two attached hydrogens (primary N) is 1. The van der Waals surface area contributed by atoms with Crippen molar-refractivity contribution in [2.24, 2.45) is 5.73 Å². The van der Waals surface area contributed by atoms with Crippen molar-refractivity contribution in [2.75, 3.05) is 12.4 Å². The number of hydrogen-bond acceptors (Lipinski definition) is 7. The average molecular weight is 372 g/mol. The molecule has 0 amide bonds. The van der Waals surface area contributed by atoms with Gasteiger partial charge in [-0.25, -0.2) is 15.0 Å². The Morgan fingerprint density at radius 1 is 1.19 bits per heavy atom. The number of pyridine rings is 2. The third-order valence-corrected chi connectivity index (χ3v) is 4.41. The van der Waals surface area contributed by atoms with Crippen LogP contribution in [0.2, 0.25) is 0 Å². The molecule has 0 aromatic carbocycles. The summed E-state index contributed by atoms with van der Waals surface area (Å²) in [5, 5.41) is 4.12. The molecule has 0 spiro atoms. The maximum absolute atomic E-state index is 5.59. The second kappa shape index (κ2) is 9.96. The van der Waals surface area contributed by atoms with Crippen LogP contribution in [0.15, 0.2) is 42.7 Å². The van der Waals surface area contributed by atoms with Crippen molar-refractivity contribution in [3.05, 3.63) is 53.3 Å². The zero-order valence-corrected chi connectivity index (χ0v) is 16.4. The molecule has 0 bridgehead atoms. The smallest absolute Gasteiger partial charge is 0.132 e. The molecule has 0 atom stereocenters. The number of rotatable bonds is 5. The summed E-state index contributed by atoms with van der Waals surface area (Å²) in [5.41, 5.74) is 7.63. The van der Waals surface area contributed by atoms with Gasteiger partial charge < -0.3 is 15.8 Å². The topological polar surface area (TPSA) is 86.0 Å². The second-order valence-electron chi connectivity index (χ2n) is 5.86. The van der Waals surface area contributed by atoms with Crippen LogP contribution in [0.3, 0.4) is 0 Å². The third kappa shape index (κ3) is 6.18. The van der Waals surface area contributed by atoms with E-state index >= 15 is 0 Å². The van der Waals surface area contributed by atoms with Crippen molar-refractivity contribution in [3.63, 3.8) is 0 Å². The van der Waals surface area contributed by atoms with Crippen molar-refractivity contribution >= 4 is 23.0 Å². The number of nitrogens with zero attached hydrogens (tertiary/aromatic N) is 3. The molecule has 3 heterocycles. The molecule has 0 saturated heterocycles. The van der Waals surface area contributed by atoms with Gasteiger partial charge in [0.15, 0.2) is 0 Å². The van der Waals surface area contributed by atoms with Crippen molar-refractivity contribution in [1.82, 2.24) is 15.0 Å². The van der Waals surface area contributed by atoms with Crippen molar-refractivity contribution < 1.29 is 4.74 Å². The van der Waals surface area contributed by atoms with Gasteiger partial charge in [-0.05, 0) is 50.6 Å². The van der Waals surface area contributed by atoms with E-state index in [0.29, 0.717) is 12.6 Å². The van der Waals surface area contributed by atoms with E-state index in [9.17, 15) is 0 Å². The fourth-order valence-corrected chi connectivity index (χ4v) is 2.67. The summed E-state index contributed by atoms with van der Waals surface area (Å²) in [4.78, 5) is 14.1. The van der Waals surface area contributed by atoms with Crippen molar-refractivity contribution in [1.29, 1.82) is 0 Å². The highest BCUT2D eigenvalue weighted by molar-refractivity contribution is 7.15. The van der Waals surface area contributed by atoms with E-state index in [-0.39, 0.29) is 0 Å². The molecule has 6 nitrogen and oxygen atoms in total. The summed E-state index contributed by atoms with van der Waals surface area (Å²) in [6.45, 7) is 6.48. The molecule has 3 aromatic rings. The minimum absolute atomic E-state index is 0.384. The van der Waals surface area contributed by atoms with Crippen LogP contribution in [0.5, 0.6) is 0 Å². The fraction of sp³-hybridized carbons (Fsp3) is 0.316. The highest BCUT2D eigenvalue weighted by Crippen LogP contribution is 2.25. The van der Waals surface area contributed by atoms with Gasteiger partial charge in [-0.1, -0.05) is 6.07 Å². The summed E-state index contributed by atoms with van der Waals surface area (Å²) in [7, 11) is 1.70. The number of thiazole rings is 1. The Labute approximate surface area is 158 Å². The van der Waals surface area contributed by atoms with E-state index in [1.54, 1.807) is 24.6 Å². The Bertz CT molecular complexity index is 819. The van der Waals surface area contributed by atoms with E-state index in [0.717, 1.165) is 32.8 Å². The first-order valence-electron chi connectivity index (χ1n) is 8.36. The lowest BCUT2D eigenvalue weighted by molar-refractivity contribution is 0.134. The first kappa shape index (κ1) is 20.0. The van der Waals surface area contributed by atoms with Crippen LogP contribution in [-0.2, 0) is 11.3 Å². The summed E-state index contributed by atoms with van der Waals surface area (Å²) < 4.78 is 4.75. The van der Waals surface area contributed by atoms with Crippen LogP contribution in [0, 0.1) is 6.92 Å². The Kier molecular flexibility index (Phi) is 7.65. The van der Waals surface area contributed by atoms with Crippen LogP contribution >= 0.6 is 11.3 Å². The van der Waals surface area contributed by atoms with Crippen LogP contribution in [0.1, 0.15) is 24.4 Å². The number of aryl methyl sites for hydroxylation is 1. The zero-order chi connectivity index (χ0) is 18.9. The molecule has 0 aliphatic carbocycles. The average Bonchev–Trinajstić information content (AvgIpc) is 3.12. The molecule has 0 aliphatic rings. The van der Waals surface area contributed by atoms with Gasteiger partial charge in [-0.15, -0.1) is 11.3 Å². The van der Waals surface area contributed by atoms with Gasteiger partial charge in [0, 0.05) is 26.0 Å². The molecule has 0 radical (unpaired) electrons. The lowest BCUT2D eigenvalue weighted by Gasteiger charge is -2.06. The molecular weight excluding hydrogens is 346 g/mol. The molecule has 0 aliphatic heterocycles. The zero-order valence-electron chi connectivity index (χ0n) is 15.6. The maximum atomic E-state index is 5.59. The van der Waals surface area contributed by atoms with E-state index in [2.05, 4.69) is 20.3 Å². The number of ether oxygens (including phenoxy) is 1. The van der Waals surface area contributed by atoms with E-state index in [1.165, 1.54) is 0 Å². The normalized spacial score (nSPS) is 10.4. The monoisotopic (exact) mass is 371 g/mol. The van der Waals surface area contributed by atoms with Crippen LogP contribution < -0.4 is 11.1 Å². The molecule has 3 N–H and O–H groups in total. The van der Waals surface area contributed by atoms with Crippen LogP contribution in [0.25, 0.3) is 10.6 Å².